The molecule has 2 N–H and O–H groups in total. The SMILES string of the molecule is OB(O)c1cnc(Br)c(F)c1. The lowest BCUT2D eigenvalue weighted by atomic mass is 9.82. The van der Waals surface area contributed by atoms with Gasteiger partial charge in [-0.15, -0.1) is 0 Å². The topological polar surface area (TPSA) is 53.4 Å². The van der Waals surface area contributed by atoms with Crippen molar-refractivity contribution in [2.45, 2.75) is 0 Å². The summed E-state index contributed by atoms with van der Waals surface area (Å²) in [6.07, 6.45) is 1.18. The summed E-state index contributed by atoms with van der Waals surface area (Å²) in [5.74, 6) is -0.615. The Morgan fingerprint density at radius 1 is 1.55 bits per heavy atom. The Morgan fingerprint density at radius 2 is 2.18 bits per heavy atom. The number of halogens is 2. The van der Waals surface area contributed by atoms with Gasteiger partial charge < -0.3 is 10.0 Å². The van der Waals surface area contributed by atoms with Gasteiger partial charge in [-0.1, -0.05) is 0 Å². The van der Waals surface area contributed by atoms with Gasteiger partial charge in [0.2, 0.25) is 0 Å². The maximum Gasteiger partial charge on any atom is 0.490 e. The predicted molar refractivity (Wildman–Crippen MR) is 41.7 cm³/mol. The van der Waals surface area contributed by atoms with E-state index in [1.54, 1.807) is 0 Å². The molecule has 0 atom stereocenters. The molecule has 3 nitrogen and oxygen atoms in total. The highest BCUT2D eigenvalue weighted by atomic mass is 79.9. The van der Waals surface area contributed by atoms with Crippen LogP contribution in [0.25, 0.3) is 0 Å². The van der Waals surface area contributed by atoms with E-state index in [1.807, 2.05) is 0 Å². The third kappa shape index (κ3) is 1.98. The zero-order chi connectivity index (χ0) is 8.43. The molecule has 1 aromatic rings. The van der Waals surface area contributed by atoms with Crippen molar-refractivity contribution in [1.82, 2.24) is 4.98 Å². The van der Waals surface area contributed by atoms with Gasteiger partial charge in [-0.2, -0.15) is 0 Å². The summed E-state index contributed by atoms with van der Waals surface area (Å²) in [5, 5.41) is 17.1. The number of nitrogens with zero attached hydrogens (tertiary/aromatic N) is 1. The fourth-order valence-electron chi connectivity index (χ4n) is 0.577. The van der Waals surface area contributed by atoms with Crippen LogP contribution in [0.15, 0.2) is 16.9 Å². The van der Waals surface area contributed by atoms with Crippen molar-refractivity contribution >= 4 is 28.5 Å². The van der Waals surface area contributed by atoms with E-state index in [1.165, 1.54) is 6.20 Å². The summed E-state index contributed by atoms with van der Waals surface area (Å²) in [6.45, 7) is 0. The minimum absolute atomic E-state index is 0.0331. The van der Waals surface area contributed by atoms with Gasteiger partial charge in [0.05, 0.1) is 0 Å². The van der Waals surface area contributed by atoms with Gasteiger partial charge in [-0.3, -0.25) is 0 Å². The van der Waals surface area contributed by atoms with E-state index in [0.29, 0.717) is 0 Å². The van der Waals surface area contributed by atoms with E-state index >= 15 is 0 Å². The lowest BCUT2D eigenvalue weighted by Gasteiger charge is -1.98. The summed E-state index contributed by atoms with van der Waals surface area (Å²) < 4.78 is 12.7. The molecule has 1 heterocycles. The molecule has 0 spiro atoms. The largest absolute Gasteiger partial charge is 0.490 e. The first-order chi connectivity index (χ1) is 5.11. The van der Waals surface area contributed by atoms with Gasteiger partial charge in [0.25, 0.3) is 0 Å². The molecule has 0 saturated carbocycles. The van der Waals surface area contributed by atoms with Crippen LogP contribution >= 0.6 is 15.9 Å². The highest BCUT2D eigenvalue weighted by Gasteiger charge is 2.13. The van der Waals surface area contributed by atoms with E-state index < -0.39 is 12.9 Å². The standard InChI is InChI=1S/C5H4BBrFNO2/c7-5-4(8)1-3(2-9-5)6(10)11/h1-2,10-11H. The molecular weight excluding hydrogens is 216 g/mol. The van der Waals surface area contributed by atoms with E-state index in [2.05, 4.69) is 20.9 Å². The maximum atomic E-state index is 12.6. The number of hydrogen-bond acceptors (Lipinski definition) is 3. The van der Waals surface area contributed by atoms with Gasteiger partial charge in [0, 0.05) is 11.7 Å². The zero-order valence-electron chi connectivity index (χ0n) is 5.33. The molecule has 0 aliphatic heterocycles. The predicted octanol–water partition coefficient (Wildman–Crippen LogP) is -0.337. The van der Waals surface area contributed by atoms with Crippen LogP contribution in [0.5, 0.6) is 0 Å². The summed E-state index contributed by atoms with van der Waals surface area (Å²) in [7, 11) is -1.68. The second-order valence-corrected chi connectivity index (χ2v) is 2.67. The molecule has 0 aliphatic carbocycles. The average Bonchev–Trinajstić information content (AvgIpc) is 1.94. The third-order valence-corrected chi connectivity index (χ3v) is 1.70. The molecule has 11 heavy (non-hydrogen) atoms. The van der Waals surface area contributed by atoms with Crippen molar-refractivity contribution in [2.24, 2.45) is 0 Å². The lowest BCUT2D eigenvalue weighted by Crippen LogP contribution is -2.30. The first-order valence-electron chi connectivity index (χ1n) is 2.78. The van der Waals surface area contributed by atoms with Crippen molar-refractivity contribution in [3.05, 3.63) is 22.7 Å². The van der Waals surface area contributed by atoms with Crippen molar-refractivity contribution in [2.75, 3.05) is 0 Å². The third-order valence-electron chi connectivity index (χ3n) is 1.12. The van der Waals surface area contributed by atoms with Gasteiger partial charge in [0.15, 0.2) is 5.82 Å². The summed E-state index contributed by atoms with van der Waals surface area (Å²) >= 11 is 2.83. The molecule has 0 bridgehead atoms. The normalized spacial score (nSPS) is 9.82. The van der Waals surface area contributed by atoms with Crippen molar-refractivity contribution in [3.8, 4) is 0 Å². The van der Waals surface area contributed by atoms with Crippen LogP contribution in [0.2, 0.25) is 0 Å². The molecule has 1 rings (SSSR count). The minimum atomic E-state index is -1.68. The van der Waals surface area contributed by atoms with Crippen LogP contribution in [-0.4, -0.2) is 22.2 Å². The minimum Gasteiger partial charge on any atom is -0.423 e. The average molecular weight is 220 g/mol. The zero-order valence-corrected chi connectivity index (χ0v) is 6.92. The molecule has 58 valence electrons. The van der Waals surface area contributed by atoms with Crippen molar-refractivity contribution < 1.29 is 14.4 Å². The van der Waals surface area contributed by atoms with Crippen LogP contribution in [-0.2, 0) is 0 Å². The second-order valence-electron chi connectivity index (χ2n) is 1.91. The first-order valence-corrected chi connectivity index (χ1v) is 3.57. The fraction of sp³-hybridized carbons (Fsp3) is 0. The van der Waals surface area contributed by atoms with Crippen LogP contribution < -0.4 is 5.46 Å². The second kappa shape index (κ2) is 3.29. The molecule has 1 aromatic heterocycles. The molecule has 0 saturated heterocycles. The Balaban J connectivity index is 3.05. The fourth-order valence-corrected chi connectivity index (χ4v) is 0.794. The van der Waals surface area contributed by atoms with Gasteiger partial charge in [-0.25, -0.2) is 9.37 Å². The van der Waals surface area contributed by atoms with E-state index in [-0.39, 0.29) is 10.1 Å². The van der Waals surface area contributed by atoms with Crippen molar-refractivity contribution in [1.29, 1.82) is 0 Å². The molecule has 6 heteroatoms. The van der Waals surface area contributed by atoms with E-state index in [4.69, 9.17) is 10.0 Å². The van der Waals surface area contributed by atoms with E-state index in [9.17, 15) is 4.39 Å². The molecule has 0 aliphatic rings. The Labute approximate surface area is 71.2 Å². The molecule has 0 unspecified atom stereocenters. The Kier molecular flexibility index (Phi) is 2.59. The van der Waals surface area contributed by atoms with Crippen molar-refractivity contribution in [3.63, 3.8) is 0 Å². The number of aromatic nitrogens is 1. The summed E-state index contributed by atoms with van der Waals surface area (Å²) in [4.78, 5) is 3.52. The van der Waals surface area contributed by atoms with Gasteiger partial charge in [0.1, 0.15) is 4.60 Å². The lowest BCUT2D eigenvalue weighted by molar-refractivity contribution is 0.425. The maximum absolute atomic E-state index is 12.6. The highest BCUT2D eigenvalue weighted by molar-refractivity contribution is 9.10. The number of pyridine rings is 1. The molecule has 0 radical (unpaired) electrons. The monoisotopic (exact) mass is 219 g/mol. The smallest absolute Gasteiger partial charge is 0.423 e. The Morgan fingerprint density at radius 3 is 2.64 bits per heavy atom. The number of hydrogen-bond donors (Lipinski definition) is 2. The Hall–Kier alpha value is -0.455. The molecule has 0 amide bonds. The summed E-state index contributed by atoms with van der Waals surface area (Å²) in [5.41, 5.74) is 0.0331. The van der Waals surface area contributed by atoms with Crippen LogP contribution in [0.1, 0.15) is 0 Å². The molecule has 0 fully saturated rings. The van der Waals surface area contributed by atoms with E-state index in [0.717, 1.165) is 6.07 Å². The van der Waals surface area contributed by atoms with Gasteiger partial charge >= 0.3 is 7.12 Å². The van der Waals surface area contributed by atoms with Crippen LogP contribution in [0.3, 0.4) is 0 Å². The van der Waals surface area contributed by atoms with Gasteiger partial charge in [-0.05, 0) is 22.0 Å². The Bertz CT molecular complexity index is 271. The van der Waals surface area contributed by atoms with Crippen LogP contribution in [0.4, 0.5) is 4.39 Å². The first kappa shape index (κ1) is 8.64. The highest BCUT2D eigenvalue weighted by Crippen LogP contribution is 2.08. The number of rotatable bonds is 1. The quantitative estimate of drug-likeness (QED) is 0.502. The summed E-state index contributed by atoms with van der Waals surface area (Å²) in [6, 6.07) is 1.00. The van der Waals surface area contributed by atoms with Crippen LogP contribution in [0, 0.1) is 5.82 Å². The molecular formula is C5H4BBrFNO2. The molecule has 0 aromatic carbocycles.